The number of rotatable bonds is 4. The molecule has 0 aliphatic rings. The lowest BCUT2D eigenvalue weighted by atomic mass is 9.79. The van der Waals surface area contributed by atoms with E-state index in [1.807, 2.05) is 24.6 Å². The largest absolute Gasteiger partial charge is 0.392 e. The van der Waals surface area contributed by atoms with E-state index in [0.29, 0.717) is 0 Å². The lowest BCUT2D eigenvalue weighted by molar-refractivity contribution is 0.278. The highest BCUT2D eigenvalue weighted by Crippen LogP contribution is 2.34. The maximum Gasteiger partial charge on any atom is 0.253 e. The van der Waals surface area contributed by atoms with Gasteiger partial charge in [-0.25, -0.2) is 0 Å². The second kappa shape index (κ2) is 7.17. The maximum absolute atomic E-state index is 12.5. The van der Waals surface area contributed by atoms with Crippen molar-refractivity contribution in [2.75, 3.05) is 0 Å². The van der Waals surface area contributed by atoms with Crippen LogP contribution in [0.25, 0.3) is 11.1 Å². The first-order valence-electron chi connectivity index (χ1n) is 9.07. The summed E-state index contributed by atoms with van der Waals surface area (Å²) in [5.74, 6) is 0. The minimum atomic E-state index is -0.0212. The van der Waals surface area contributed by atoms with Crippen LogP contribution in [-0.4, -0.2) is 9.67 Å². The first kappa shape index (κ1) is 19.5. The predicted molar refractivity (Wildman–Crippen MR) is 105 cm³/mol. The van der Waals surface area contributed by atoms with Gasteiger partial charge in [-0.05, 0) is 66.5 Å². The van der Waals surface area contributed by atoms with Gasteiger partial charge < -0.3 is 9.67 Å². The number of aryl methyl sites for hydroxylation is 2. The number of hydrogen-bond acceptors (Lipinski definition) is 2. The van der Waals surface area contributed by atoms with Gasteiger partial charge in [0.2, 0.25) is 0 Å². The molecule has 1 heterocycles. The quantitative estimate of drug-likeness (QED) is 0.880. The van der Waals surface area contributed by atoms with E-state index < -0.39 is 0 Å². The van der Waals surface area contributed by atoms with Crippen molar-refractivity contribution >= 4 is 0 Å². The highest BCUT2D eigenvalue weighted by atomic mass is 16.3. The molecule has 0 amide bonds. The van der Waals surface area contributed by atoms with Gasteiger partial charge in [-0.3, -0.25) is 4.79 Å². The Morgan fingerprint density at radius 2 is 1.72 bits per heavy atom. The van der Waals surface area contributed by atoms with Gasteiger partial charge >= 0.3 is 0 Å². The van der Waals surface area contributed by atoms with Gasteiger partial charge in [-0.2, -0.15) is 0 Å². The third-order valence-electron chi connectivity index (χ3n) is 4.95. The smallest absolute Gasteiger partial charge is 0.253 e. The van der Waals surface area contributed by atoms with Gasteiger partial charge in [-0.1, -0.05) is 33.8 Å². The molecule has 0 saturated heterocycles. The van der Waals surface area contributed by atoms with Crippen LogP contribution in [0.5, 0.6) is 0 Å². The Bertz CT molecular complexity index is 839. The number of aliphatic hydroxyl groups is 1. The summed E-state index contributed by atoms with van der Waals surface area (Å²) < 4.78 is 1.81. The molecule has 25 heavy (non-hydrogen) atoms. The van der Waals surface area contributed by atoms with Crippen molar-refractivity contribution < 1.29 is 5.11 Å². The molecule has 1 N–H and O–H groups in total. The molecule has 3 nitrogen and oxygen atoms in total. The molecule has 0 saturated carbocycles. The zero-order valence-electron chi connectivity index (χ0n) is 16.7. The Balaban J connectivity index is 2.75. The Morgan fingerprint density at radius 3 is 2.24 bits per heavy atom. The molecule has 1 aromatic heterocycles. The second-order valence-electron chi connectivity index (χ2n) is 8.03. The van der Waals surface area contributed by atoms with Crippen LogP contribution in [0.4, 0.5) is 0 Å². The maximum atomic E-state index is 12.5. The van der Waals surface area contributed by atoms with Crippen molar-refractivity contribution in [3.63, 3.8) is 0 Å². The van der Waals surface area contributed by atoms with Crippen molar-refractivity contribution in [1.29, 1.82) is 0 Å². The fourth-order valence-electron chi connectivity index (χ4n) is 3.80. The summed E-state index contributed by atoms with van der Waals surface area (Å²) in [6.45, 7) is 15.3. The van der Waals surface area contributed by atoms with Crippen molar-refractivity contribution in [3.05, 3.63) is 56.5 Å². The summed E-state index contributed by atoms with van der Waals surface area (Å²) in [6, 6.07) is 4.26. The van der Waals surface area contributed by atoms with Crippen molar-refractivity contribution in [2.24, 2.45) is 0 Å². The highest BCUT2D eigenvalue weighted by molar-refractivity contribution is 5.70. The third kappa shape index (κ3) is 3.72. The Morgan fingerprint density at radius 1 is 1.08 bits per heavy atom. The normalized spacial score (nSPS) is 11.8. The number of benzene rings is 1. The van der Waals surface area contributed by atoms with Gasteiger partial charge in [0.25, 0.3) is 5.56 Å². The molecule has 1 aromatic carbocycles. The Labute approximate surface area is 151 Å². The molecule has 0 unspecified atom stereocenters. The Kier molecular flexibility index (Phi) is 5.58. The van der Waals surface area contributed by atoms with Crippen LogP contribution >= 0.6 is 0 Å². The van der Waals surface area contributed by atoms with E-state index in [9.17, 15) is 9.90 Å². The van der Waals surface area contributed by atoms with Gasteiger partial charge in [0.15, 0.2) is 0 Å². The molecule has 0 bridgehead atoms. The summed E-state index contributed by atoms with van der Waals surface area (Å²) in [5.41, 5.74) is 7.38. The number of hydrogen-bond donors (Lipinski definition) is 1. The highest BCUT2D eigenvalue weighted by Gasteiger charge is 2.22. The molecule has 0 aliphatic heterocycles. The van der Waals surface area contributed by atoms with E-state index in [1.165, 1.54) is 11.1 Å². The minimum absolute atomic E-state index is 0.0212. The summed E-state index contributed by atoms with van der Waals surface area (Å²) in [4.78, 5) is 12.5. The van der Waals surface area contributed by atoms with Crippen LogP contribution in [-0.2, 0) is 18.6 Å². The average molecular weight is 341 g/mol. The van der Waals surface area contributed by atoms with Crippen LogP contribution in [0, 0.1) is 20.8 Å². The van der Waals surface area contributed by atoms with E-state index in [1.54, 1.807) is 0 Å². The van der Waals surface area contributed by atoms with Crippen LogP contribution in [0.15, 0.2) is 23.1 Å². The summed E-state index contributed by atoms with van der Waals surface area (Å²) in [7, 11) is 0. The zero-order chi connectivity index (χ0) is 18.9. The number of aromatic nitrogens is 1. The van der Waals surface area contributed by atoms with Crippen molar-refractivity contribution in [3.8, 4) is 11.1 Å². The van der Waals surface area contributed by atoms with E-state index >= 15 is 0 Å². The monoisotopic (exact) mass is 341 g/mol. The first-order chi connectivity index (χ1) is 11.6. The third-order valence-corrected chi connectivity index (χ3v) is 4.95. The second-order valence-corrected chi connectivity index (χ2v) is 8.03. The minimum Gasteiger partial charge on any atom is -0.392 e. The van der Waals surface area contributed by atoms with Crippen LogP contribution in [0.2, 0.25) is 0 Å². The van der Waals surface area contributed by atoms with Crippen LogP contribution < -0.4 is 5.56 Å². The van der Waals surface area contributed by atoms with E-state index in [4.69, 9.17) is 0 Å². The van der Waals surface area contributed by atoms with Crippen LogP contribution in [0.3, 0.4) is 0 Å². The predicted octanol–water partition coefficient (Wildman–Crippen LogP) is 4.64. The average Bonchev–Trinajstić information content (AvgIpc) is 2.53. The number of nitrogens with zero attached hydrogens (tertiary/aromatic N) is 1. The molecular weight excluding hydrogens is 310 g/mol. The Hall–Kier alpha value is -1.87. The van der Waals surface area contributed by atoms with Gasteiger partial charge in [0.1, 0.15) is 0 Å². The lowest BCUT2D eigenvalue weighted by Gasteiger charge is -2.26. The fraction of sp³-hybridized carbons (Fsp3) is 0.500. The molecule has 3 heteroatoms. The molecule has 0 atom stereocenters. The van der Waals surface area contributed by atoms with Gasteiger partial charge in [0, 0.05) is 23.9 Å². The molecule has 2 aromatic rings. The molecular formula is C22H31NO2. The lowest BCUT2D eigenvalue weighted by Crippen LogP contribution is -2.23. The van der Waals surface area contributed by atoms with Crippen molar-refractivity contribution in [2.45, 2.75) is 73.5 Å². The van der Waals surface area contributed by atoms with E-state index in [-0.39, 0.29) is 17.6 Å². The SMILES string of the molecule is CCCn1cc(-c2cc(C)c(C(C)(C)C)c(CO)c2)c(C)c(C)c1=O. The summed E-state index contributed by atoms with van der Waals surface area (Å²) >= 11 is 0. The number of aliphatic hydroxyl groups excluding tert-OH is 1. The van der Waals surface area contributed by atoms with Gasteiger partial charge in [0.05, 0.1) is 6.61 Å². The van der Waals surface area contributed by atoms with Crippen molar-refractivity contribution in [1.82, 2.24) is 4.57 Å². The standard InChI is InChI=1S/C22H31NO2/c1-8-9-23-12-19(15(3)16(4)21(23)25)17-10-14(2)20(22(5,6)7)18(11-17)13-24/h10-12,24H,8-9,13H2,1-7H3. The zero-order valence-corrected chi connectivity index (χ0v) is 16.7. The topological polar surface area (TPSA) is 42.2 Å². The molecule has 0 radical (unpaired) electrons. The van der Waals surface area contributed by atoms with Gasteiger partial charge in [-0.15, -0.1) is 0 Å². The molecule has 136 valence electrons. The summed E-state index contributed by atoms with van der Waals surface area (Å²) in [6.07, 6.45) is 2.90. The molecule has 2 rings (SSSR count). The first-order valence-corrected chi connectivity index (χ1v) is 9.07. The molecule has 0 fully saturated rings. The van der Waals surface area contributed by atoms with Crippen LogP contribution in [0.1, 0.15) is 61.9 Å². The number of pyridine rings is 1. The fourth-order valence-corrected chi connectivity index (χ4v) is 3.80. The van der Waals surface area contributed by atoms with E-state index in [2.05, 4.69) is 46.8 Å². The summed E-state index contributed by atoms with van der Waals surface area (Å²) in [5, 5.41) is 9.93. The molecule has 0 spiro atoms. The van der Waals surface area contributed by atoms with E-state index in [0.717, 1.165) is 40.8 Å². The molecule has 0 aliphatic carbocycles.